The number of hydrogen-bond donors (Lipinski definition) is 1. The highest BCUT2D eigenvalue weighted by molar-refractivity contribution is 5.94. The molecule has 0 saturated carbocycles. The summed E-state index contributed by atoms with van der Waals surface area (Å²) in [4.78, 5) is 16.0. The minimum absolute atomic E-state index is 0.0735. The van der Waals surface area contributed by atoms with Crippen LogP contribution >= 0.6 is 0 Å². The van der Waals surface area contributed by atoms with E-state index in [2.05, 4.69) is 10.3 Å². The van der Waals surface area contributed by atoms with Crippen molar-refractivity contribution in [1.82, 2.24) is 10.3 Å². The molecule has 3 nitrogen and oxygen atoms in total. The second-order valence-electron chi connectivity index (χ2n) is 3.82. The van der Waals surface area contributed by atoms with E-state index in [1.165, 1.54) is 0 Å². The van der Waals surface area contributed by atoms with E-state index >= 15 is 0 Å². The summed E-state index contributed by atoms with van der Waals surface area (Å²) in [5.74, 6) is -0.0735. The van der Waals surface area contributed by atoms with Crippen molar-refractivity contribution in [2.75, 3.05) is 0 Å². The molecule has 0 aliphatic carbocycles. The van der Waals surface area contributed by atoms with Crippen molar-refractivity contribution < 1.29 is 4.79 Å². The van der Waals surface area contributed by atoms with E-state index in [0.29, 0.717) is 12.1 Å². The molecule has 0 radical (unpaired) electrons. The van der Waals surface area contributed by atoms with E-state index in [1.54, 1.807) is 18.3 Å². The lowest BCUT2D eigenvalue weighted by molar-refractivity contribution is 0.0950. The van der Waals surface area contributed by atoms with E-state index < -0.39 is 0 Å². The molecule has 1 heterocycles. The molecule has 2 aromatic rings. The first-order valence-corrected chi connectivity index (χ1v) is 5.51. The molecule has 17 heavy (non-hydrogen) atoms. The molecule has 86 valence electrons. The third-order valence-corrected chi connectivity index (χ3v) is 2.57. The topological polar surface area (TPSA) is 42.0 Å². The van der Waals surface area contributed by atoms with Crippen molar-refractivity contribution in [3.8, 4) is 0 Å². The largest absolute Gasteiger partial charge is 0.346 e. The van der Waals surface area contributed by atoms with Crippen LogP contribution in [-0.4, -0.2) is 10.9 Å². The summed E-state index contributed by atoms with van der Waals surface area (Å²) < 4.78 is 0. The van der Waals surface area contributed by atoms with E-state index in [4.69, 9.17) is 0 Å². The quantitative estimate of drug-likeness (QED) is 0.872. The number of nitrogens with zero attached hydrogens (tertiary/aromatic N) is 1. The molecule has 0 aliphatic rings. The van der Waals surface area contributed by atoms with Crippen molar-refractivity contribution in [2.45, 2.75) is 13.5 Å². The first-order chi connectivity index (χ1) is 8.27. The highest BCUT2D eigenvalue weighted by atomic mass is 16.1. The fraction of sp³-hybridized carbons (Fsp3) is 0.143. The van der Waals surface area contributed by atoms with Gasteiger partial charge in [-0.2, -0.15) is 0 Å². The number of rotatable bonds is 3. The van der Waals surface area contributed by atoms with Gasteiger partial charge in [0.2, 0.25) is 0 Å². The lowest BCUT2D eigenvalue weighted by atomic mass is 10.2. The van der Waals surface area contributed by atoms with Crippen LogP contribution in [0.4, 0.5) is 0 Å². The maximum Gasteiger partial charge on any atom is 0.251 e. The molecule has 1 amide bonds. The molecule has 0 fully saturated rings. The SMILES string of the molecule is Cc1cccnc1CNC(=O)c1ccccc1. The summed E-state index contributed by atoms with van der Waals surface area (Å²) in [5.41, 5.74) is 2.65. The number of carbonyl (C=O) groups excluding carboxylic acids is 1. The Bertz CT molecular complexity index is 509. The van der Waals surface area contributed by atoms with Crippen LogP contribution in [0.3, 0.4) is 0 Å². The second-order valence-corrected chi connectivity index (χ2v) is 3.82. The van der Waals surface area contributed by atoms with Crippen LogP contribution in [0.25, 0.3) is 0 Å². The van der Waals surface area contributed by atoms with Crippen LogP contribution in [0.5, 0.6) is 0 Å². The van der Waals surface area contributed by atoms with Crippen molar-refractivity contribution in [3.05, 3.63) is 65.5 Å². The third kappa shape index (κ3) is 2.91. The van der Waals surface area contributed by atoms with Crippen LogP contribution in [0.1, 0.15) is 21.6 Å². The lowest BCUT2D eigenvalue weighted by Crippen LogP contribution is -2.23. The van der Waals surface area contributed by atoms with Gasteiger partial charge in [0.05, 0.1) is 12.2 Å². The first-order valence-electron chi connectivity index (χ1n) is 5.51. The Morgan fingerprint density at radius 1 is 1.18 bits per heavy atom. The van der Waals surface area contributed by atoms with Gasteiger partial charge in [0.1, 0.15) is 0 Å². The van der Waals surface area contributed by atoms with Crippen LogP contribution < -0.4 is 5.32 Å². The Morgan fingerprint density at radius 2 is 1.94 bits per heavy atom. The zero-order valence-corrected chi connectivity index (χ0v) is 9.68. The van der Waals surface area contributed by atoms with Gasteiger partial charge in [0.15, 0.2) is 0 Å². The van der Waals surface area contributed by atoms with Crippen molar-refractivity contribution >= 4 is 5.91 Å². The zero-order chi connectivity index (χ0) is 12.1. The predicted octanol–water partition coefficient (Wildman–Crippen LogP) is 2.32. The molecule has 2 rings (SSSR count). The molecular weight excluding hydrogens is 212 g/mol. The van der Waals surface area contributed by atoms with Crippen LogP contribution in [0.15, 0.2) is 48.7 Å². The average Bonchev–Trinajstić information content (AvgIpc) is 2.38. The van der Waals surface area contributed by atoms with Gasteiger partial charge in [-0.1, -0.05) is 24.3 Å². The Morgan fingerprint density at radius 3 is 2.65 bits per heavy atom. The number of pyridine rings is 1. The summed E-state index contributed by atoms with van der Waals surface area (Å²) in [6.07, 6.45) is 1.73. The van der Waals surface area contributed by atoms with E-state index in [1.807, 2.05) is 37.3 Å². The predicted molar refractivity (Wildman–Crippen MR) is 66.6 cm³/mol. The highest BCUT2D eigenvalue weighted by Gasteiger charge is 2.05. The molecule has 1 N–H and O–H groups in total. The Labute approximate surface area is 101 Å². The fourth-order valence-electron chi connectivity index (χ4n) is 1.56. The van der Waals surface area contributed by atoms with Gasteiger partial charge in [0, 0.05) is 11.8 Å². The van der Waals surface area contributed by atoms with Gasteiger partial charge in [-0.15, -0.1) is 0 Å². The average molecular weight is 226 g/mol. The van der Waals surface area contributed by atoms with Crippen molar-refractivity contribution in [1.29, 1.82) is 0 Å². The van der Waals surface area contributed by atoms with Crippen LogP contribution in [0.2, 0.25) is 0 Å². The fourth-order valence-corrected chi connectivity index (χ4v) is 1.56. The minimum Gasteiger partial charge on any atom is -0.346 e. The number of aryl methyl sites for hydroxylation is 1. The summed E-state index contributed by atoms with van der Waals surface area (Å²) >= 11 is 0. The number of benzene rings is 1. The molecular formula is C14H14N2O. The summed E-state index contributed by atoms with van der Waals surface area (Å²) in [5, 5.41) is 2.85. The van der Waals surface area contributed by atoms with Crippen LogP contribution in [0, 0.1) is 6.92 Å². The molecule has 0 bridgehead atoms. The standard InChI is InChI=1S/C14H14N2O/c1-11-6-5-9-15-13(11)10-16-14(17)12-7-3-2-4-8-12/h2-9H,10H2,1H3,(H,16,17). The van der Waals surface area contributed by atoms with E-state index in [9.17, 15) is 4.79 Å². The first kappa shape index (κ1) is 11.3. The summed E-state index contributed by atoms with van der Waals surface area (Å²) in [6.45, 7) is 2.44. The van der Waals surface area contributed by atoms with Gasteiger partial charge < -0.3 is 5.32 Å². The Balaban J connectivity index is 2.00. The van der Waals surface area contributed by atoms with Crippen molar-refractivity contribution in [2.24, 2.45) is 0 Å². The molecule has 3 heteroatoms. The molecule has 0 unspecified atom stereocenters. The minimum atomic E-state index is -0.0735. The number of carbonyl (C=O) groups is 1. The van der Waals surface area contributed by atoms with Gasteiger partial charge in [0.25, 0.3) is 5.91 Å². The normalized spacial score (nSPS) is 9.94. The van der Waals surface area contributed by atoms with Crippen LogP contribution in [-0.2, 0) is 6.54 Å². The van der Waals surface area contributed by atoms with Crippen molar-refractivity contribution in [3.63, 3.8) is 0 Å². The third-order valence-electron chi connectivity index (χ3n) is 2.57. The number of nitrogens with one attached hydrogen (secondary N) is 1. The molecule has 0 aliphatic heterocycles. The highest BCUT2D eigenvalue weighted by Crippen LogP contribution is 2.03. The smallest absolute Gasteiger partial charge is 0.251 e. The maximum absolute atomic E-state index is 11.8. The lowest BCUT2D eigenvalue weighted by Gasteiger charge is -2.06. The van der Waals surface area contributed by atoms with E-state index in [0.717, 1.165) is 11.3 Å². The van der Waals surface area contributed by atoms with Gasteiger partial charge in [-0.3, -0.25) is 9.78 Å². The summed E-state index contributed by atoms with van der Waals surface area (Å²) in [6, 6.07) is 13.0. The van der Waals surface area contributed by atoms with Gasteiger partial charge in [-0.25, -0.2) is 0 Å². The van der Waals surface area contributed by atoms with Gasteiger partial charge in [-0.05, 0) is 30.7 Å². The molecule has 0 saturated heterocycles. The monoisotopic (exact) mass is 226 g/mol. The molecule has 0 spiro atoms. The molecule has 1 aromatic heterocycles. The number of amides is 1. The van der Waals surface area contributed by atoms with E-state index in [-0.39, 0.29) is 5.91 Å². The second kappa shape index (κ2) is 5.25. The Hall–Kier alpha value is -2.16. The maximum atomic E-state index is 11.8. The zero-order valence-electron chi connectivity index (χ0n) is 9.68. The molecule has 0 atom stereocenters. The number of hydrogen-bond acceptors (Lipinski definition) is 2. The number of aromatic nitrogens is 1. The molecule has 1 aromatic carbocycles. The van der Waals surface area contributed by atoms with Gasteiger partial charge >= 0.3 is 0 Å². The summed E-state index contributed by atoms with van der Waals surface area (Å²) in [7, 11) is 0. The Kier molecular flexibility index (Phi) is 3.50.